The van der Waals surface area contributed by atoms with Crippen molar-refractivity contribution in [3.05, 3.63) is 0 Å². The first kappa shape index (κ1) is 13.5. The lowest BCUT2D eigenvalue weighted by Crippen LogP contribution is -2.48. The van der Waals surface area contributed by atoms with Crippen LogP contribution in [-0.2, 0) is 4.79 Å². The molecule has 0 aromatic carbocycles. The third kappa shape index (κ3) is 2.58. The molecule has 1 heterocycles. The van der Waals surface area contributed by atoms with Gasteiger partial charge in [0.25, 0.3) is 0 Å². The number of aliphatic carboxylic acids is 1. The standard InChI is InChI=1S/C12H20N2O3S/c1-18-6-5-13-12(17)14-7-8-3-2-4-9(8)10(14)11(15)16/h8-10H,2-7H2,1H3,(H,13,17)(H,15,16). The summed E-state index contributed by atoms with van der Waals surface area (Å²) in [5.74, 6) is 0.542. The fourth-order valence-corrected chi connectivity index (χ4v) is 3.50. The molecule has 3 atom stereocenters. The zero-order valence-electron chi connectivity index (χ0n) is 10.6. The normalized spacial score (nSPS) is 30.3. The lowest BCUT2D eigenvalue weighted by molar-refractivity contribution is -0.142. The van der Waals surface area contributed by atoms with Crippen LogP contribution in [0.4, 0.5) is 4.79 Å². The third-order valence-electron chi connectivity index (χ3n) is 3.99. The summed E-state index contributed by atoms with van der Waals surface area (Å²) in [7, 11) is 0. The van der Waals surface area contributed by atoms with Gasteiger partial charge in [0.1, 0.15) is 6.04 Å². The number of carbonyl (C=O) groups excluding carboxylic acids is 1. The number of likely N-dealkylation sites (tertiary alicyclic amines) is 1. The summed E-state index contributed by atoms with van der Waals surface area (Å²) in [6, 6.07) is -0.836. The number of nitrogens with one attached hydrogen (secondary N) is 1. The van der Waals surface area contributed by atoms with E-state index >= 15 is 0 Å². The first-order valence-corrected chi connectivity index (χ1v) is 7.80. The summed E-state index contributed by atoms with van der Waals surface area (Å²) in [4.78, 5) is 24.9. The van der Waals surface area contributed by atoms with Crippen LogP contribution >= 0.6 is 11.8 Å². The molecule has 0 aromatic heterocycles. The van der Waals surface area contributed by atoms with Gasteiger partial charge in [-0.25, -0.2) is 9.59 Å². The molecule has 102 valence electrons. The van der Waals surface area contributed by atoms with Crippen molar-refractivity contribution in [2.75, 3.05) is 25.1 Å². The molecule has 18 heavy (non-hydrogen) atoms. The van der Waals surface area contributed by atoms with Crippen molar-refractivity contribution in [1.82, 2.24) is 10.2 Å². The molecule has 2 rings (SSSR count). The molecule has 6 heteroatoms. The smallest absolute Gasteiger partial charge is 0.326 e. The van der Waals surface area contributed by atoms with Crippen molar-refractivity contribution in [3.63, 3.8) is 0 Å². The number of thioether (sulfide) groups is 1. The minimum atomic E-state index is -0.857. The van der Waals surface area contributed by atoms with Crippen LogP contribution in [0, 0.1) is 11.8 Å². The van der Waals surface area contributed by atoms with Gasteiger partial charge in [-0.05, 0) is 30.9 Å². The number of fused-ring (bicyclic) bond motifs is 1. The predicted octanol–water partition coefficient (Wildman–Crippen LogP) is 1.24. The first-order chi connectivity index (χ1) is 8.65. The fraction of sp³-hybridized carbons (Fsp3) is 0.833. The Balaban J connectivity index is 1.98. The van der Waals surface area contributed by atoms with Crippen LogP contribution in [0.25, 0.3) is 0 Å². The second-order valence-electron chi connectivity index (χ2n) is 5.02. The van der Waals surface area contributed by atoms with Gasteiger partial charge in [0, 0.05) is 18.8 Å². The van der Waals surface area contributed by atoms with Gasteiger partial charge in [0.15, 0.2) is 0 Å². The fourth-order valence-electron chi connectivity index (χ4n) is 3.19. The monoisotopic (exact) mass is 272 g/mol. The molecular weight excluding hydrogens is 252 g/mol. The molecule has 0 bridgehead atoms. The molecule has 3 unspecified atom stereocenters. The Morgan fingerprint density at radius 3 is 2.89 bits per heavy atom. The van der Waals surface area contributed by atoms with Crippen LogP contribution in [0.3, 0.4) is 0 Å². The van der Waals surface area contributed by atoms with Gasteiger partial charge in [-0.1, -0.05) is 6.42 Å². The Kier molecular flexibility index (Phi) is 4.37. The second-order valence-corrected chi connectivity index (χ2v) is 6.00. The maximum atomic E-state index is 12.0. The summed E-state index contributed by atoms with van der Waals surface area (Å²) in [6.45, 7) is 1.20. The first-order valence-electron chi connectivity index (χ1n) is 6.41. The van der Waals surface area contributed by atoms with E-state index < -0.39 is 12.0 Å². The lowest BCUT2D eigenvalue weighted by Gasteiger charge is -2.24. The quantitative estimate of drug-likeness (QED) is 0.756. The Morgan fingerprint density at radius 1 is 1.44 bits per heavy atom. The molecule has 0 spiro atoms. The van der Waals surface area contributed by atoms with Crippen LogP contribution in [0.1, 0.15) is 19.3 Å². The van der Waals surface area contributed by atoms with Gasteiger partial charge in [-0.2, -0.15) is 11.8 Å². The summed E-state index contributed by atoms with van der Waals surface area (Å²) in [5.41, 5.74) is 0. The van der Waals surface area contributed by atoms with E-state index in [0.29, 0.717) is 19.0 Å². The van der Waals surface area contributed by atoms with Crippen LogP contribution in [-0.4, -0.2) is 53.1 Å². The van der Waals surface area contributed by atoms with E-state index in [1.54, 1.807) is 11.8 Å². The minimum Gasteiger partial charge on any atom is -0.480 e. The van der Waals surface area contributed by atoms with Gasteiger partial charge in [-0.15, -0.1) is 0 Å². The lowest BCUT2D eigenvalue weighted by atomic mass is 9.94. The Morgan fingerprint density at radius 2 is 2.22 bits per heavy atom. The maximum absolute atomic E-state index is 12.0. The number of hydrogen-bond acceptors (Lipinski definition) is 3. The maximum Gasteiger partial charge on any atom is 0.326 e. The number of carbonyl (C=O) groups is 2. The van der Waals surface area contributed by atoms with Crippen LogP contribution in [0.15, 0.2) is 0 Å². The van der Waals surface area contributed by atoms with Crippen molar-refractivity contribution < 1.29 is 14.7 Å². The van der Waals surface area contributed by atoms with Gasteiger partial charge < -0.3 is 15.3 Å². The molecule has 1 aliphatic heterocycles. The number of hydrogen-bond donors (Lipinski definition) is 2. The Labute approximate surface area is 111 Å². The van der Waals surface area contributed by atoms with Crippen molar-refractivity contribution in [3.8, 4) is 0 Å². The van der Waals surface area contributed by atoms with Crippen molar-refractivity contribution in [2.24, 2.45) is 11.8 Å². The molecular formula is C12H20N2O3S. The van der Waals surface area contributed by atoms with E-state index in [1.807, 2.05) is 6.26 Å². The summed E-state index contributed by atoms with van der Waals surface area (Å²) >= 11 is 1.66. The van der Waals surface area contributed by atoms with Crippen molar-refractivity contribution >= 4 is 23.8 Å². The van der Waals surface area contributed by atoms with E-state index in [-0.39, 0.29) is 11.9 Å². The van der Waals surface area contributed by atoms with Crippen molar-refractivity contribution in [1.29, 1.82) is 0 Å². The van der Waals surface area contributed by atoms with Gasteiger partial charge in [0.05, 0.1) is 0 Å². The second kappa shape index (κ2) is 5.82. The highest BCUT2D eigenvalue weighted by Crippen LogP contribution is 2.42. The number of carboxylic acid groups (broad SMARTS) is 1. The Hall–Kier alpha value is -0.910. The molecule has 1 saturated carbocycles. The molecule has 2 fully saturated rings. The van der Waals surface area contributed by atoms with Crippen LogP contribution in [0.5, 0.6) is 0 Å². The van der Waals surface area contributed by atoms with E-state index in [1.165, 1.54) is 4.90 Å². The highest BCUT2D eigenvalue weighted by Gasteiger charge is 2.49. The zero-order valence-corrected chi connectivity index (χ0v) is 11.4. The average Bonchev–Trinajstić information content (AvgIpc) is 2.87. The van der Waals surface area contributed by atoms with Gasteiger partial charge >= 0.3 is 12.0 Å². The molecule has 5 nitrogen and oxygen atoms in total. The zero-order chi connectivity index (χ0) is 13.1. The molecule has 2 aliphatic rings. The summed E-state index contributed by atoms with van der Waals surface area (Å²) < 4.78 is 0. The number of urea groups is 1. The van der Waals surface area contributed by atoms with Gasteiger partial charge in [-0.3, -0.25) is 0 Å². The largest absolute Gasteiger partial charge is 0.480 e. The Bertz CT molecular complexity index is 337. The third-order valence-corrected chi connectivity index (χ3v) is 4.60. The number of carboxylic acids is 1. The number of rotatable bonds is 4. The average molecular weight is 272 g/mol. The van der Waals surface area contributed by atoms with E-state index in [2.05, 4.69) is 5.32 Å². The van der Waals surface area contributed by atoms with E-state index in [0.717, 1.165) is 25.0 Å². The highest BCUT2D eigenvalue weighted by atomic mass is 32.2. The molecule has 2 N–H and O–H groups in total. The minimum absolute atomic E-state index is 0.161. The van der Waals surface area contributed by atoms with E-state index in [9.17, 15) is 14.7 Å². The highest BCUT2D eigenvalue weighted by molar-refractivity contribution is 7.98. The predicted molar refractivity (Wildman–Crippen MR) is 70.7 cm³/mol. The topological polar surface area (TPSA) is 69.6 Å². The van der Waals surface area contributed by atoms with Crippen LogP contribution in [0.2, 0.25) is 0 Å². The molecule has 0 radical (unpaired) electrons. The number of nitrogens with zero attached hydrogens (tertiary/aromatic N) is 1. The van der Waals surface area contributed by atoms with Crippen molar-refractivity contribution in [2.45, 2.75) is 25.3 Å². The molecule has 1 saturated heterocycles. The van der Waals surface area contributed by atoms with Crippen LogP contribution < -0.4 is 5.32 Å². The summed E-state index contributed by atoms with van der Waals surface area (Å²) in [6.07, 6.45) is 5.08. The molecule has 2 amide bonds. The van der Waals surface area contributed by atoms with Gasteiger partial charge in [0.2, 0.25) is 0 Å². The summed E-state index contributed by atoms with van der Waals surface area (Å²) in [5, 5.41) is 12.1. The number of amides is 2. The SMILES string of the molecule is CSCCNC(=O)N1CC2CCCC2C1C(=O)O. The molecule has 0 aromatic rings. The molecule has 1 aliphatic carbocycles. The van der Waals surface area contributed by atoms with E-state index in [4.69, 9.17) is 0 Å².